The molecule has 2 fully saturated rings. The van der Waals surface area contributed by atoms with Gasteiger partial charge in [-0.1, -0.05) is 6.42 Å². The Kier molecular flexibility index (Phi) is 3.08. The molecule has 84 valence electrons. The van der Waals surface area contributed by atoms with E-state index >= 15 is 0 Å². The van der Waals surface area contributed by atoms with Crippen molar-refractivity contribution in [2.45, 2.75) is 38.5 Å². The van der Waals surface area contributed by atoms with Gasteiger partial charge in [0.25, 0.3) is 0 Å². The van der Waals surface area contributed by atoms with Crippen LogP contribution in [0.4, 0.5) is 0 Å². The van der Waals surface area contributed by atoms with Crippen LogP contribution in [0, 0.1) is 17.8 Å². The average molecular weight is 210 g/mol. The molecule has 0 aromatic heterocycles. The summed E-state index contributed by atoms with van der Waals surface area (Å²) in [7, 11) is 1.37. The van der Waals surface area contributed by atoms with E-state index in [9.17, 15) is 9.59 Å². The van der Waals surface area contributed by atoms with Gasteiger partial charge in [0, 0.05) is 12.3 Å². The van der Waals surface area contributed by atoms with Crippen LogP contribution in [0.15, 0.2) is 0 Å². The fourth-order valence-electron chi connectivity index (χ4n) is 3.15. The molecule has 0 saturated heterocycles. The second-order valence-corrected chi connectivity index (χ2v) is 4.82. The molecule has 15 heavy (non-hydrogen) atoms. The predicted molar refractivity (Wildman–Crippen MR) is 55.2 cm³/mol. The van der Waals surface area contributed by atoms with Gasteiger partial charge in [0.1, 0.15) is 5.78 Å². The SMILES string of the molecule is COC(=O)CCC(=O)C1CC2CCC1C2. The van der Waals surface area contributed by atoms with E-state index in [2.05, 4.69) is 4.74 Å². The Morgan fingerprint density at radius 1 is 1.20 bits per heavy atom. The van der Waals surface area contributed by atoms with E-state index in [0.29, 0.717) is 12.3 Å². The van der Waals surface area contributed by atoms with Crippen molar-refractivity contribution in [3.63, 3.8) is 0 Å². The maximum absolute atomic E-state index is 11.8. The van der Waals surface area contributed by atoms with Crippen molar-refractivity contribution in [3.8, 4) is 0 Å². The van der Waals surface area contributed by atoms with Gasteiger partial charge < -0.3 is 4.74 Å². The molecule has 0 aromatic rings. The summed E-state index contributed by atoms with van der Waals surface area (Å²) in [4.78, 5) is 22.8. The second kappa shape index (κ2) is 4.33. The minimum absolute atomic E-state index is 0.253. The van der Waals surface area contributed by atoms with Crippen molar-refractivity contribution >= 4 is 11.8 Å². The standard InChI is InChI=1S/C12H18O3/c1-15-12(14)5-4-11(13)10-7-8-2-3-9(10)6-8/h8-10H,2-7H2,1H3. The first-order valence-electron chi connectivity index (χ1n) is 5.80. The molecule has 2 bridgehead atoms. The molecule has 2 aliphatic carbocycles. The Morgan fingerprint density at radius 2 is 2.00 bits per heavy atom. The molecule has 2 aliphatic rings. The Morgan fingerprint density at radius 3 is 2.53 bits per heavy atom. The van der Waals surface area contributed by atoms with Gasteiger partial charge in [-0.2, -0.15) is 0 Å². The number of hydrogen-bond donors (Lipinski definition) is 0. The molecule has 0 amide bonds. The summed E-state index contributed by atoms with van der Waals surface area (Å²) in [5.74, 6) is 1.69. The van der Waals surface area contributed by atoms with E-state index in [0.717, 1.165) is 12.3 Å². The first-order valence-corrected chi connectivity index (χ1v) is 5.80. The maximum Gasteiger partial charge on any atom is 0.305 e. The Bertz CT molecular complexity index is 272. The first kappa shape index (κ1) is 10.7. The number of fused-ring (bicyclic) bond motifs is 2. The quantitative estimate of drug-likeness (QED) is 0.666. The van der Waals surface area contributed by atoms with Gasteiger partial charge in [0.2, 0.25) is 0 Å². The number of Topliss-reactive ketones (excluding diaryl/α,β-unsaturated/α-hetero) is 1. The number of carbonyl (C=O) groups excluding carboxylic acids is 2. The number of esters is 1. The summed E-state index contributed by atoms with van der Waals surface area (Å²) in [5.41, 5.74) is 0. The number of hydrogen-bond acceptors (Lipinski definition) is 3. The van der Waals surface area contributed by atoms with Crippen molar-refractivity contribution in [2.75, 3.05) is 7.11 Å². The molecule has 2 rings (SSSR count). The van der Waals surface area contributed by atoms with E-state index < -0.39 is 0 Å². The van der Waals surface area contributed by atoms with E-state index in [1.165, 1.54) is 26.4 Å². The second-order valence-electron chi connectivity index (χ2n) is 4.82. The number of rotatable bonds is 4. The van der Waals surface area contributed by atoms with Gasteiger partial charge in [0.15, 0.2) is 0 Å². The third-order valence-corrected chi connectivity index (χ3v) is 3.95. The van der Waals surface area contributed by atoms with Crippen LogP contribution in [0.5, 0.6) is 0 Å². The third kappa shape index (κ3) is 2.21. The molecule has 3 nitrogen and oxygen atoms in total. The highest BCUT2D eigenvalue weighted by Crippen LogP contribution is 2.48. The van der Waals surface area contributed by atoms with Crippen LogP contribution in [0.1, 0.15) is 38.5 Å². The highest BCUT2D eigenvalue weighted by atomic mass is 16.5. The van der Waals surface area contributed by atoms with Gasteiger partial charge in [-0.3, -0.25) is 9.59 Å². The number of ketones is 1. The molecule has 0 heterocycles. The third-order valence-electron chi connectivity index (χ3n) is 3.95. The van der Waals surface area contributed by atoms with Gasteiger partial charge in [0.05, 0.1) is 13.5 Å². The van der Waals surface area contributed by atoms with Crippen molar-refractivity contribution in [2.24, 2.45) is 17.8 Å². The smallest absolute Gasteiger partial charge is 0.305 e. The summed E-state index contributed by atoms with van der Waals surface area (Å²) in [5, 5.41) is 0. The molecule has 0 spiro atoms. The minimum atomic E-state index is -0.272. The lowest BCUT2D eigenvalue weighted by molar-refractivity contribution is -0.142. The Labute approximate surface area is 90.2 Å². The zero-order valence-electron chi connectivity index (χ0n) is 9.20. The molecule has 3 unspecified atom stereocenters. The lowest BCUT2D eigenvalue weighted by Gasteiger charge is -2.19. The van der Waals surface area contributed by atoms with Crippen LogP contribution in [0.3, 0.4) is 0 Å². The fourth-order valence-corrected chi connectivity index (χ4v) is 3.15. The van der Waals surface area contributed by atoms with E-state index in [4.69, 9.17) is 0 Å². The van der Waals surface area contributed by atoms with Crippen molar-refractivity contribution in [1.82, 2.24) is 0 Å². The summed E-state index contributed by atoms with van der Waals surface area (Å²) >= 11 is 0. The topological polar surface area (TPSA) is 43.4 Å². The molecule has 0 aromatic carbocycles. The van der Waals surface area contributed by atoms with Crippen LogP contribution in [-0.4, -0.2) is 18.9 Å². The molecule has 2 saturated carbocycles. The number of methoxy groups -OCH3 is 1. The first-order chi connectivity index (χ1) is 7.20. The van der Waals surface area contributed by atoms with Crippen LogP contribution >= 0.6 is 0 Å². The average Bonchev–Trinajstić information content (AvgIpc) is 2.86. The minimum Gasteiger partial charge on any atom is -0.469 e. The van der Waals surface area contributed by atoms with Crippen LogP contribution in [-0.2, 0) is 14.3 Å². The lowest BCUT2D eigenvalue weighted by atomic mass is 9.84. The Balaban J connectivity index is 1.79. The van der Waals surface area contributed by atoms with Crippen molar-refractivity contribution in [3.05, 3.63) is 0 Å². The summed E-state index contributed by atoms with van der Waals surface area (Å²) in [6.07, 6.45) is 5.48. The highest BCUT2D eigenvalue weighted by Gasteiger charge is 2.42. The highest BCUT2D eigenvalue weighted by molar-refractivity contribution is 5.85. The van der Waals surface area contributed by atoms with Crippen LogP contribution < -0.4 is 0 Å². The van der Waals surface area contributed by atoms with Gasteiger partial charge >= 0.3 is 5.97 Å². The van der Waals surface area contributed by atoms with Crippen LogP contribution in [0.25, 0.3) is 0 Å². The number of carbonyl (C=O) groups is 2. The zero-order chi connectivity index (χ0) is 10.8. The van der Waals surface area contributed by atoms with Crippen LogP contribution in [0.2, 0.25) is 0 Å². The summed E-state index contributed by atoms with van der Waals surface area (Å²) < 4.78 is 4.53. The molecule has 3 heteroatoms. The lowest BCUT2D eigenvalue weighted by Crippen LogP contribution is -2.21. The maximum atomic E-state index is 11.8. The predicted octanol–water partition coefficient (Wildman–Crippen LogP) is 1.94. The summed E-state index contributed by atoms with van der Waals surface area (Å²) in [6, 6.07) is 0. The molecule has 3 atom stereocenters. The Hall–Kier alpha value is -0.860. The largest absolute Gasteiger partial charge is 0.469 e. The number of ether oxygens (including phenoxy) is 1. The van der Waals surface area contributed by atoms with E-state index in [1.807, 2.05) is 0 Å². The fraction of sp³-hybridized carbons (Fsp3) is 0.833. The summed E-state index contributed by atoms with van der Waals surface area (Å²) in [6.45, 7) is 0. The van der Waals surface area contributed by atoms with Gasteiger partial charge in [-0.05, 0) is 31.1 Å². The molecule has 0 aliphatic heterocycles. The van der Waals surface area contributed by atoms with Crippen molar-refractivity contribution in [1.29, 1.82) is 0 Å². The van der Waals surface area contributed by atoms with Gasteiger partial charge in [-0.15, -0.1) is 0 Å². The molecular formula is C12H18O3. The zero-order valence-corrected chi connectivity index (χ0v) is 9.20. The van der Waals surface area contributed by atoms with Crippen molar-refractivity contribution < 1.29 is 14.3 Å². The van der Waals surface area contributed by atoms with Gasteiger partial charge in [-0.25, -0.2) is 0 Å². The van der Waals surface area contributed by atoms with E-state index in [-0.39, 0.29) is 24.1 Å². The molecule has 0 N–H and O–H groups in total. The normalized spacial score (nSPS) is 33.0. The molecular weight excluding hydrogens is 192 g/mol. The van der Waals surface area contributed by atoms with E-state index in [1.54, 1.807) is 0 Å². The monoisotopic (exact) mass is 210 g/mol. The molecule has 0 radical (unpaired) electrons.